The summed E-state index contributed by atoms with van der Waals surface area (Å²) in [4.78, 5) is 3.97. The molecule has 0 saturated carbocycles. The molecule has 2 rings (SSSR count). The third-order valence-electron chi connectivity index (χ3n) is 2.77. The number of pyridine rings is 1. The molecule has 0 spiro atoms. The molecule has 1 aromatic carbocycles. The summed E-state index contributed by atoms with van der Waals surface area (Å²) < 4.78 is 40.3. The lowest BCUT2D eigenvalue weighted by Gasteiger charge is -2.10. The molecule has 0 aliphatic carbocycles. The predicted molar refractivity (Wildman–Crippen MR) is 80.3 cm³/mol. The van der Waals surface area contributed by atoms with Gasteiger partial charge in [-0.25, -0.2) is 17.8 Å². The largest absolute Gasteiger partial charge is 0.370 e. The van der Waals surface area contributed by atoms with Gasteiger partial charge in [-0.05, 0) is 43.7 Å². The molecule has 112 valence electrons. The van der Waals surface area contributed by atoms with Crippen LogP contribution in [0, 0.1) is 12.7 Å². The molecule has 0 atom stereocenters. The molecule has 0 amide bonds. The molecule has 1 heterocycles. The lowest BCUT2D eigenvalue weighted by molar-refractivity contribution is 0.598. The Kier molecular flexibility index (Phi) is 4.42. The number of halogens is 1. The average molecular weight is 309 g/mol. The van der Waals surface area contributed by atoms with Crippen molar-refractivity contribution in [3.8, 4) is 0 Å². The molecule has 0 saturated heterocycles. The zero-order chi connectivity index (χ0) is 15.5. The van der Waals surface area contributed by atoms with Crippen LogP contribution >= 0.6 is 0 Å². The Balaban J connectivity index is 2.27. The van der Waals surface area contributed by atoms with Gasteiger partial charge in [0.25, 0.3) is 10.0 Å². The lowest BCUT2D eigenvalue weighted by atomic mass is 10.2. The van der Waals surface area contributed by atoms with E-state index in [1.807, 2.05) is 6.92 Å². The molecule has 7 heteroatoms. The van der Waals surface area contributed by atoms with E-state index in [1.54, 1.807) is 19.1 Å². The van der Waals surface area contributed by atoms with E-state index < -0.39 is 15.8 Å². The zero-order valence-corrected chi connectivity index (χ0v) is 12.5. The van der Waals surface area contributed by atoms with Gasteiger partial charge < -0.3 is 5.32 Å². The Bertz CT molecular complexity index is 730. The molecule has 0 aliphatic heterocycles. The van der Waals surface area contributed by atoms with Crippen LogP contribution in [0.25, 0.3) is 0 Å². The Morgan fingerprint density at radius 1 is 1.24 bits per heavy atom. The van der Waals surface area contributed by atoms with Crippen molar-refractivity contribution in [3.05, 3.63) is 47.9 Å². The molecular formula is C14H16FN3O2S. The van der Waals surface area contributed by atoms with Crippen LogP contribution in [-0.4, -0.2) is 19.9 Å². The van der Waals surface area contributed by atoms with E-state index in [9.17, 15) is 12.8 Å². The van der Waals surface area contributed by atoms with Crippen LogP contribution in [0.5, 0.6) is 0 Å². The van der Waals surface area contributed by atoms with Crippen molar-refractivity contribution in [2.45, 2.75) is 18.7 Å². The molecule has 0 fully saturated rings. The molecule has 0 radical (unpaired) electrons. The van der Waals surface area contributed by atoms with Crippen LogP contribution in [0.15, 0.2) is 41.4 Å². The van der Waals surface area contributed by atoms with Gasteiger partial charge in [-0.2, -0.15) is 0 Å². The van der Waals surface area contributed by atoms with Crippen molar-refractivity contribution in [2.24, 2.45) is 0 Å². The van der Waals surface area contributed by atoms with Crippen LogP contribution < -0.4 is 10.0 Å². The summed E-state index contributed by atoms with van der Waals surface area (Å²) in [6, 6.07) is 7.21. The maximum absolute atomic E-state index is 13.6. The minimum Gasteiger partial charge on any atom is -0.370 e. The van der Waals surface area contributed by atoms with Crippen LogP contribution in [-0.2, 0) is 10.0 Å². The zero-order valence-electron chi connectivity index (χ0n) is 11.7. The van der Waals surface area contributed by atoms with E-state index >= 15 is 0 Å². The molecule has 2 N–H and O–H groups in total. The first-order valence-corrected chi connectivity index (χ1v) is 7.89. The average Bonchev–Trinajstić information content (AvgIpc) is 2.44. The second-order valence-electron chi connectivity index (χ2n) is 4.50. The molecule has 0 bridgehead atoms. The fourth-order valence-corrected chi connectivity index (χ4v) is 2.75. The van der Waals surface area contributed by atoms with Gasteiger partial charge in [0, 0.05) is 12.7 Å². The predicted octanol–water partition coefficient (Wildman–Crippen LogP) is 2.76. The SMILES string of the molecule is CCNc1ccc(S(=O)(=O)Nc2cc(C)ccc2F)cn1. The Labute approximate surface area is 123 Å². The summed E-state index contributed by atoms with van der Waals surface area (Å²) in [6.07, 6.45) is 1.23. The van der Waals surface area contributed by atoms with Gasteiger partial charge in [0.05, 0.1) is 5.69 Å². The third kappa shape index (κ3) is 3.69. The minimum atomic E-state index is -3.86. The molecule has 0 unspecified atom stereocenters. The first-order valence-electron chi connectivity index (χ1n) is 6.41. The monoisotopic (exact) mass is 309 g/mol. The number of rotatable bonds is 5. The van der Waals surface area contributed by atoms with E-state index in [2.05, 4.69) is 15.0 Å². The number of hydrogen-bond acceptors (Lipinski definition) is 4. The maximum atomic E-state index is 13.6. The molecule has 1 aromatic heterocycles. The van der Waals surface area contributed by atoms with Gasteiger partial charge in [-0.15, -0.1) is 0 Å². The lowest BCUT2D eigenvalue weighted by Crippen LogP contribution is -2.14. The van der Waals surface area contributed by atoms with Crippen LogP contribution in [0.3, 0.4) is 0 Å². The van der Waals surface area contributed by atoms with Crippen molar-refractivity contribution in [1.82, 2.24) is 4.98 Å². The summed E-state index contributed by atoms with van der Waals surface area (Å²) in [5.41, 5.74) is 0.681. The highest BCUT2D eigenvalue weighted by atomic mass is 32.2. The number of benzene rings is 1. The van der Waals surface area contributed by atoms with Gasteiger partial charge in [0.1, 0.15) is 16.5 Å². The second-order valence-corrected chi connectivity index (χ2v) is 6.18. The van der Waals surface area contributed by atoms with Gasteiger partial charge in [0.15, 0.2) is 0 Å². The fourth-order valence-electron chi connectivity index (χ4n) is 1.75. The normalized spacial score (nSPS) is 11.2. The van der Waals surface area contributed by atoms with E-state index in [-0.39, 0.29) is 10.6 Å². The summed E-state index contributed by atoms with van der Waals surface area (Å²) >= 11 is 0. The molecule has 0 aliphatic rings. The first-order chi connectivity index (χ1) is 9.92. The summed E-state index contributed by atoms with van der Waals surface area (Å²) in [7, 11) is -3.86. The van der Waals surface area contributed by atoms with E-state index in [0.717, 1.165) is 5.56 Å². The number of anilines is 2. The quantitative estimate of drug-likeness (QED) is 0.891. The summed E-state index contributed by atoms with van der Waals surface area (Å²) in [5, 5.41) is 2.97. The van der Waals surface area contributed by atoms with Crippen LogP contribution in [0.4, 0.5) is 15.9 Å². The van der Waals surface area contributed by atoms with E-state index in [1.165, 1.54) is 24.4 Å². The van der Waals surface area contributed by atoms with Crippen molar-refractivity contribution >= 4 is 21.5 Å². The molecule has 5 nitrogen and oxygen atoms in total. The number of aromatic nitrogens is 1. The molecular weight excluding hydrogens is 293 g/mol. The molecule has 2 aromatic rings. The number of hydrogen-bond donors (Lipinski definition) is 2. The topological polar surface area (TPSA) is 71.1 Å². The van der Waals surface area contributed by atoms with Crippen molar-refractivity contribution in [1.29, 1.82) is 0 Å². The van der Waals surface area contributed by atoms with Gasteiger partial charge in [0.2, 0.25) is 0 Å². The first kappa shape index (κ1) is 15.2. The second kappa shape index (κ2) is 6.09. The number of nitrogens with zero attached hydrogens (tertiary/aromatic N) is 1. The van der Waals surface area contributed by atoms with E-state index in [0.29, 0.717) is 12.4 Å². The van der Waals surface area contributed by atoms with E-state index in [4.69, 9.17) is 0 Å². The Morgan fingerprint density at radius 3 is 2.62 bits per heavy atom. The van der Waals surface area contributed by atoms with Gasteiger partial charge >= 0.3 is 0 Å². The highest BCUT2D eigenvalue weighted by Crippen LogP contribution is 2.20. The number of sulfonamides is 1. The number of aryl methyl sites for hydroxylation is 1. The summed E-state index contributed by atoms with van der Waals surface area (Å²) in [5.74, 6) is -0.0420. The van der Waals surface area contributed by atoms with Crippen LogP contribution in [0.1, 0.15) is 12.5 Å². The molecule has 21 heavy (non-hydrogen) atoms. The third-order valence-corrected chi connectivity index (χ3v) is 4.12. The standard InChI is InChI=1S/C14H16FN3O2S/c1-3-16-14-7-5-11(9-17-14)21(19,20)18-13-8-10(2)4-6-12(13)15/h4-9,18H,3H2,1-2H3,(H,16,17). The fraction of sp³-hybridized carbons (Fsp3) is 0.214. The highest BCUT2D eigenvalue weighted by molar-refractivity contribution is 7.92. The Morgan fingerprint density at radius 2 is 2.00 bits per heavy atom. The maximum Gasteiger partial charge on any atom is 0.263 e. The summed E-state index contributed by atoms with van der Waals surface area (Å²) in [6.45, 7) is 4.35. The van der Waals surface area contributed by atoms with Crippen molar-refractivity contribution < 1.29 is 12.8 Å². The minimum absolute atomic E-state index is 0.0231. The van der Waals surface area contributed by atoms with Crippen molar-refractivity contribution in [3.63, 3.8) is 0 Å². The van der Waals surface area contributed by atoms with Gasteiger partial charge in [-0.1, -0.05) is 6.07 Å². The Hall–Kier alpha value is -2.15. The highest BCUT2D eigenvalue weighted by Gasteiger charge is 2.16. The smallest absolute Gasteiger partial charge is 0.263 e. The van der Waals surface area contributed by atoms with Gasteiger partial charge in [-0.3, -0.25) is 4.72 Å². The number of nitrogens with one attached hydrogen (secondary N) is 2. The van der Waals surface area contributed by atoms with Crippen molar-refractivity contribution in [2.75, 3.05) is 16.6 Å². The van der Waals surface area contributed by atoms with Crippen LogP contribution in [0.2, 0.25) is 0 Å².